The number of amides is 1. The fraction of sp³-hybridized carbons (Fsp3) is 0.192. The lowest BCUT2D eigenvalue weighted by Gasteiger charge is -2.19. The van der Waals surface area contributed by atoms with E-state index in [1.165, 1.54) is 23.5 Å². The molecular weight excluding hydrogens is 500 g/mol. The summed E-state index contributed by atoms with van der Waals surface area (Å²) in [4.78, 5) is 39.2. The third-order valence-electron chi connectivity index (χ3n) is 5.79. The maximum Gasteiger partial charge on any atom is 0.271 e. The van der Waals surface area contributed by atoms with Crippen LogP contribution in [-0.4, -0.2) is 20.9 Å². The molecular formula is C26H21ClN4O4S. The van der Waals surface area contributed by atoms with Gasteiger partial charge in [-0.1, -0.05) is 22.9 Å². The Morgan fingerprint density at radius 3 is 2.64 bits per heavy atom. The number of halogens is 1. The zero-order valence-electron chi connectivity index (χ0n) is 19.9. The number of nitrogens with two attached hydrogens (primary N) is 1. The summed E-state index contributed by atoms with van der Waals surface area (Å²) in [5.41, 5.74) is 8.88. The number of aryl methyl sites for hydroxylation is 2. The van der Waals surface area contributed by atoms with E-state index in [-0.39, 0.29) is 22.0 Å². The molecule has 1 amide bonds. The summed E-state index contributed by atoms with van der Waals surface area (Å²) >= 11 is 7.40. The zero-order valence-corrected chi connectivity index (χ0v) is 21.5. The Bertz CT molecular complexity index is 1740. The number of carbonyl (C=O) groups is 1. The molecule has 0 bridgehead atoms. The maximum absolute atomic E-state index is 13.4. The van der Waals surface area contributed by atoms with Crippen molar-refractivity contribution in [3.63, 3.8) is 0 Å². The summed E-state index contributed by atoms with van der Waals surface area (Å²) in [5.74, 6) is -0.210. The number of pyridine rings is 2. The lowest BCUT2D eigenvalue weighted by atomic mass is 10.0. The number of ether oxygens (including phenoxy) is 1. The molecule has 4 aromatic heterocycles. The number of primary amides is 1. The van der Waals surface area contributed by atoms with Crippen molar-refractivity contribution in [2.24, 2.45) is 5.73 Å². The van der Waals surface area contributed by atoms with Crippen LogP contribution in [0.5, 0.6) is 5.75 Å². The second-order valence-corrected chi connectivity index (χ2v) is 10.0. The molecule has 0 unspecified atom stereocenters. The van der Waals surface area contributed by atoms with Gasteiger partial charge in [0.25, 0.3) is 5.91 Å². The summed E-state index contributed by atoms with van der Waals surface area (Å²) in [6.07, 6.45) is -0.619. The van der Waals surface area contributed by atoms with Crippen molar-refractivity contribution in [3.05, 3.63) is 79.2 Å². The Morgan fingerprint density at radius 1 is 1.11 bits per heavy atom. The molecule has 2 N–H and O–H groups in total. The summed E-state index contributed by atoms with van der Waals surface area (Å²) in [6, 6.07) is 10.4. The normalized spacial score (nSPS) is 12.2. The van der Waals surface area contributed by atoms with Gasteiger partial charge in [0.1, 0.15) is 32.9 Å². The molecule has 5 rings (SSSR count). The molecule has 10 heteroatoms. The van der Waals surface area contributed by atoms with Gasteiger partial charge in [0.15, 0.2) is 22.6 Å². The minimum Gasteiger partial charge on any atom is -0.483 e. The van der Waals surface area contributed by atoms with Crippen LogP contribution in [0.3, 0.4) is 0 Å². The molecule has 0 saturated carbocycles. The molecule has 5 aromatic rings. The van der Waals surface area contributed by atoms with Gasteiger partial charge in [-0.15, -0.1) is 0 Å². The highest BCUT2D eigenvalue weighted by Crippen LogP contribution is 2.34. The molecule has 0 fully saturated rings. The Balaban J connectivity index is 1.67. The number of hydrogen-bond donors (Lipinski definition) is 1. The van der Waals surface area contributed by atoms with E-state index in [1.807, 2.05) is 26.0 Å². The van der Waals surface area contributed by atoms with E-state index in [1.54, 1.807) is 26.0 Å². The molecule has 0 saturated heterocycles. The number of fused-ring (bicyclic) bond motifs is 2. The first kappa shape index (κ1) is 23.9. The first-order valence-electron chi connectivity index (χ1n) is 11.1. The van der Waals surface area contributed by atoms with E-state index >= 15 is 0 Å². The van der Waals surface area contributed by atoms with Crippen LogP contribution >= 0.6 is 22.9 Å². The second kappa shape index (κ2) is 9.00. The van der Waals surface area contributed by atoms with Gasteiger partial charge >= 0.3 is 0 Å². The Kier molecular flexibility index (Phi) is 5.97. The van der Waals surface area contributed by atoms with E-state index in [2.05, 4.69) is 9.97 Å². The maximum atomic E-state index is 13.4. The topological polar surface area (TPSA) is 121 Å². The Morgan fingerprint density at radius 2 is 1.89 bits per heavy atom. The molecule has 0 aliphatic heterocycles. The number of nitrogens with zero attached hydrogens (tertiary/aromatic N) is 3. The van der Waals surface area contributed by atoms with Crippen molar-refractivity contribution in [3.8, 4) is 17.2 Å². The quantitative estimate of drug-likeness (QED) is 0.296. The largest absolute Gasteiger partial charge is 0.483 e. The van der Waals surface area contributed by atoms with Crippen LogP contribution in [0.4, 0.5) is 0 Å². The van der Waals surface area contributed by atoms with Crippen LogP contribution < -0.4 is 15.9 Å². The van der Waals surface area contributed by atoms with E-state index in [4.69, 9.17) is 31.5 Å². The van der Waals surface area contributed by atoms with Crippen molar-refractivity contribution in [2.45, 2.75) is 33.8 Å². The standard InChI is InChI=1S/C26H21ClN4O4S/c1-11-9-15(13(3)34-19-7-8-20(27)31-21(19)25(28)33)24-16(10-11)22(32)12(2)23(35-24)17-5-6-18-26(30-17)36-14(4)29-18/h5-10,13H,1-4H3,(H2,28,33)/t13-/m1/s1. The molecule has 8 nitrogen and oxygen atoms in total. The van der Waals surface area contributed by atoms with Crippen molar-refractivity contribution in [1.82, 2.24) is 15.0 Å². The zero-order chi connectivity index (χ0) is 25.7. The van der Waals surface area contributed by atoms with Gasteiger partial charge < -0.3 is 14.9 Å². The molecule has 1 aromatic carbocycles. The van der Waals surface area contributed by atoms with E-state index in [0.717, 1.165) is 20.9 Å². The van der Waals surface area contributed by atoms with Gasteiger partial charge in [0.05, 0.1) is 10.4 Å². The minimum absolute atomic E-state index is 0.0818. The highest BCUT2D eigenvalue weighted by Gasteiger charge is 2.22. The van der Waals surface area contributed by atoms with Crippen molar-refractivity contribution in [1.29, 1.82) is 0 Å². The minimum atomic E-state index is -0.766. The smallest absolute Gasteiger partial charge is 0.271 e. The summed E-state index contributed by atoms with van der Waals surface area (Å²) in [6.45, 7) is 7.32. The molecule has 0 aliphatic rings. The number of aromatic nitrogens is 3. The van der Waals surface area contributed by atoms with Gasteiger partial charge in [0, 0.05) is 11.1 Å². The highest BCUT2D eigenvalue weighted by atomic mass is 35.5. The van der Waals surface area contributed by atoms with Crippen LogP contribution in [-0.2, 0) is 0 Å². The first-order valence-corrected chi connectivity index (χ1v) is 12.3. The third-order valence-corrected chi connectivity index (χ3v) is 6.88. The Hall–Kier alpha value is -3.82. The predicted molar refractivity (Wildman–Crippen MR) is 140 cm³/mol. The number of carbonyl (C=O) groups excluding carboxylic acids is 1. The number of thiazole rings is 1. The average molecular weight is 521 g/mol. The van der Waals surface area contributed by atoms with Crippen LogP contribution in [0, 0.1) is 20.8 Å². The number of hydrogen-bond acceptors (Lipinski definition) is 8. The third kappa shape index (κ3) is 4.20. The monoisotopic (exact) mass is 520 g/mol. The average Bonchev–Trinajstić information content (AvgIpc) is 3.21. The molecule has 0 radical (unpaired) electrons. The fourth-order valence-corrected chi connectivity index (χ4v) is 5.05. The molecule has 4 heterocycles. The predicted octanol–water partition coefficient (Wildman–Crippen LogP) is 5.68. The van der Waals surface area contributed by atoms with E-state index in [0.29, 0.717) is 33.6 Å². The molecule has 0 aliphatic carbocycles. The van der Waals surface area contributed by atoms with Gasteiger partial charge in [-0.25, -0.2) is 15.0 Å². The van der Waals surface area contributed by atoms with Crippen LogP contribution in [0.25, 0.3) is 32.8 Å². The lowest BCUT2D eigenvalue weighted by molar-refractivity contribution is 0.0988. The molecule has 182 valence electrons. The first-order chi connectivity index (χ1) is 17.1. The highest BCUT2D eigenvalue weighted by molar-refractivity contribution is 7.18. The number of rotatable bonds is 5. The van der Waals surface area contributed by atoms with Gasteiger partial charge in [-0.3, -0.25) is 9.59 Å². The summed E-state index contributed by atoms with van der Waals surface area (Å²) in [5, 5.41) is 1.46. The fourth-order valence-electron chi connectivity index (χ4n) is 4.11. The molecule has 1 atom stereocenters. The van der Waals surface area contributed by atoms with E-state index in [9.17, 15) is 9.59 Å². The van der Waals surface area contributed by atoms with Crippen molar-refractivity contribution >= 4 is 50.2 Å². The SMILES string of the molecule is Cc1cc([C@@H](C)Oc2ccc(Cl)nc2C(N)=O)c2oc(-c3ccc4nc(C)sc4n3)c(C)c(=O)c2c1. The lowest BCUT2D eigenvalue weighted by Crippen LogP contribution is -2.17. The van der Waals surface area contributed by atoms with Gasteiger partial charge in [-0.2, -0.15) is 0 Å². The van der Waals surface area contributed by atoms with Gasteiger partial charge in [-0.05, 0) is 69.7 Å². The Labute approximate surface area is 214 Å². The van der Waals surface area contributed by atoms with Crippen LogP contribution in [0.2, 0.25) is 5.15 Å². The molecule has 36 heavy (non-hydrogen) atoms. The summed E-state index contributed by atoms with van der Waals surface area (Å²) < 4.78 is 12.5. The van der Waals surface area contributed by atoms with Crippen molar-refractivity contribution in [2.75, 3.05) is 0 Å². The van der Waals surface area contributed by atoms with Gasteiger partial charge in [0.2, 0.25) is 0 Å². The van der Waals surface area contributed by atoms with Crippen LogP contribution in [0.15, 0.2) is 45.6 Å². The summed E-state index contributed by atoms with van der Waals surface area (Å²) in [7, 11) is 0. The van der Waals surface area contributed by atoms with E-state index < -0.39 is 12.0 Å². The second-order valence-electron chi connectivity index (χ2n) is 8.47. The number of benzene rings is 1. The van der Waals surface area contributed by atoms with Crippen LogP contribution in [0.1, 0.15) is 45.2 Å². The molecule has 0 spiro atoms. The van der Waals surface area contributed by atoms with Crippen molar-refractivity contribution < 1.29 is 13.9 Å².